The zero-order valence-electron chi connectivity index (χ0n) is 14.9. The van der Waals surface area contributed by atoms with E-state index in [1.807, 2.05) is 36.4 Å². The van der Waals surface area contributed by atoms with Crippen LogP contribution in [0.3, 0.4) is 0 Å². The first kappa shape index (κ1) is 16.3. The fraction of sp³-hybridized carbons (Fsp3) is 0.130. The summed E-state index contributed by atoms with van der Waals surface area (Å²) in [5.41, 5.74) is 6.34. The second-order valence-electron chi connectivity index (χ2n) is 6.60. The Labute approximate surface area is 153 Å². The Morgan fingerprint density at radius 1 is 0.692 bits per heavy atom. The maximum absolute atomic E-state index is 5.64. The van der Waals surface area contributed by atoms with Gasteiger partial charge in [0, 0.05) is 16.4 Å². The minimum Gasteiger partial charge on any atom is -0.336 e. The molecule has 0 aliphatic heterocycles. The number of aromatic nitrogens is 2. The Bertz CT molecular complexity index is 1020. The van der Waals surface area contributed by atoms with E-state index in [0.717, 1.165) is 27.9 Å². The van der Waals surface area contributed by atoms with Crippen molar-refractivity contribution in [2.75, 3.05) is 0 Å². The van der Waals surface area contributed by atoms with Gasteiger partial charge in [0.2, 0.25) is 0 Å². The van der Waals surface area contributed by atoms with Gasteiger partial charge in [-0.25, -0.2) is 0 Å². The molecule has 0 fully saturated rings. The molecule has 1 aromatic heterocycles. The number of hydrogen-bond acceptors (Lipinski definition) is 3. The molecule has 0 saturated carbocycles. The highest BCUT2D eigenvalue weighted by Crippen LogP contribution is 2.38. The summed E-state index contributed by atoms with van der Waals surface area (Å²) in [5, 5.41) is 8.21. The standard InChI is InChI=1S/C23H20N2O/c1-16(2)18-12-6-8-14-20(18)22-23(26-25-24-22)21-15-9-7-13-19(21)17-10-4-3-5-11-17/h3-16H,1-2H3. The van der Waals surface area contributed by atoms with E-state index in [4.69, 9.17) is 4.52 Å². The Hall–Kier alpha value is -3.20. The van der Waals surface area contributed by atoms with Gasteiger partial charge in [-0.3, -0.25) is 0 Å². The van der Waals surface area contributed by atoms with Gasteiger partial charge < -0.3 is 4.52 Å². The van der Waals surface area contributed by atoms with Crippen LogP contribution < -0.4 is 0 Å². The van der Waals surface area contributed by atoms with Gasteiger partial charge >= 0.3 is 0 Å². The van der Waals surface area contributed by atoms with E-state index >= 15 is 0 Å². The van der Waals surface area contributed by atoms with Crippen LogP contribution in [0.15, 0.2) is 83.4 Å². The molecule has 0 aliphatic carbocycles. The molecule has 1 heterocycles. The molecule has 0 saturated heterocycles. The van der Waals surface area contributed by atoms with E-state index in [0.29, 0.717) is 11.7 Å². The first-order valence-corrected chi connectivity index (χ1v) is 8.82. The van der Waals surface area contributed by atoms with E-state index < -0.39 is 0 Å². The number of hydrogen-bond donors (Lipinski definition) is 0. The highest BCUT2D eigenvalue weighted by atomic mass is 16.5. The van der Waals surface area contributed by atoms with E-state index in [-0.39, 0.29) is 0 Å². The Balaban J connectivity index is 1.91. The van der Waals surface area contributed by atoms with Crippen LogP contribution in [-0.4, -0.2) is 10.4 Å². The zero-order valence-corrected chi connectivity index (χ0v) is 14.9. The van der Waals surface area contributed by atoms with Crippen LogP contribution in [0.4, 0.5) is 0 Å². The molecule has 3 heteroatoms. The molecule has 0 radical (unpaired) electrons. The molecular formula is C23H20N2O. The fourth-order valence-corrected chi connectivity index (χ4v) is 3.31. The summed E-state index contributed by atoms with van der Waals surface area (Å²) in [6, 6.07) is 26.8. The molecule has 26 heavy (non-hydrogen) atoms. The summed E-state index contributed by atoms with van der Waals surface area (Å²) in [7, 11) is 0. The molecule has 0 N–H and O–H groups in total. The lowest BCUT2D eigenvalue weighted by molar-refractivity contribution is 0.404. The quantitative estimate of drug-likeness (QED) is 0.444. The maximum atomic E-state index is 5.64. The second kappa shape index (κ2) is 6.96. The largest absolute Gasteiger partial charge is 0.336 e. The molecule has 4 rings (SSSR count). The van der Waals surface area contributed by atoms with Gasteiger partial charge in [0.1, 0.15) is 5.69 Å². The van der Waals surface area contributed by atoms with Crippen molar-refractivity contribution >= 4 is 0 Å². The lowest BCUT2D eigenvalue weighted by Crippen LogP contribution is -1.94. The molecular weight excluding hydrogens is 320 g/mol. The van der Waals surface area contributed by atoms with Gasteiger partial charge in [0.25, 0.3) is 0 Å². The maximum Gasteiger partial charge on any atom is 0.195 e. The van der Waals surface area contributed by atoms with Crippen LogP contribution in [0.2, 0.25) is 0 Å². The average molecular weight is 340 g/mol. The van der Waals surface area contributed by atoms with Gasteiger partial charge in [0.05, 0.1) is 0 Å². The fourth-order valence-electron chi connectivity index (χ4n) is 3.31. The van der Waals surface area contributed by atoms with E-state index in [1.165, 1.54) is 5.56 Å². The normalized spacial score (nSPS) is 11.0. The van der Waals surface area contributed by atoms with Crippen LogP contribution in [-0.2, 0) is 0 Å². The van der Waals surface area contributed by atoms with Crippen molar-refractivity contribution in [3.8, 4) is 33.7 Å². The Kier molecular flexibility index (Phi) is 4.36. The topological polar surface area (TPSA) is 38.9 Å². The summed E-state index contributed by atoms with van der Waals surface area (Å²) in [6.45, 7) is 4.37. The van der Waals surface area contributed by atoms with Crippen molar-refractivity contribution in [1.82, 2.24) is 10.4 Å². The van der Waals surface area contributed by atoms with Gasteiger partial charge in [-0.1, -0.05) is 92.7 Å². The smallest absolute Gasteiger partial charge is 0.195 e. The van der Waals surface area contributed by atoms with Gasteiger partial charge in [-0.2, -0.15) is 0 Å². The van der Waals surface area contributed by atoms with Crippen LogP contribution in [0, 0.1) is 0 Å². The summed E-state index contributed by atoms with van der Waals surface area (Å²) in [5.74, 6) is 1.10. The first-order chi connectivity index (χ1) is 12.8. The summed E-state index contributed by atoms with van der Waals surface area (Å²) < 4.78 is 5.64. The molecule has 0 spiro atoms. The third-order valence-electron chi connectivity index (χ3n) is 4.58. The van der Waals surface area contributed by atoms with Crippen LogP contribution >= 0.6 is 0 Å². The highest BCUT2D eigenvalue weighted by Gasteiger charge is 2.20. The molecule has 4 aromatic rings. The van der Waals surface area contributed by atoms with Crippen molar-refractivity contribution in [2.24, 2.45) is 0 Å². The molecule has 0 atom stereocenters. The molecule has 0 unspecified atom stereocenters. The zero-order chi connectivity index (χ0) is 17.9. The summed E-state index contributed by atoms with van der Waals surface area (Å²) in [4.78, 5) is 0. The number of benzene rings is 3. The Morgan fingerprint density at radius 2 is 1.31 bits per heavy atom. The molecule has 3 aromatic carbocycles. The lowest BCUT2D eigenvalue weighted by atomic mass is 9.92. The van der Waals surface area contributed by atoms with Crippen molar-refractivity contribution in [2.45, 2.75) is 19.8 Å². The average Bonchev–Trinajstić information content (AvgIpc) is 3.18. The summed E-state index contributed by atoms with van der Waals surface area (Å²) >= 11 is 0. The third-order valence-corrected chi connectivity index (χ3v) is 4.58. The SMILES string of the molecule is CC(C)c1ccccc1-c1nnoc1-c1ccccc1-c1ccccc1. The van der Waals surface area contributed by atoms with Gasteiger partial charge in [0.15, 0.2) is 5.76 Å². The molecule has 0 amide bonds. The van der Waals surface area contributed by atoms with Crippen molar-refractivity contribution in [1.29, 1.82) is 0 Å². The number of rotatable bonds is 4. The van der Waals surface area contributed by atoms with Gasteiger partial charge in [-0.05, 0) is 22.6 Å². The lowest BCUT2D eigenvalue weighted by Gasteiger charge is -2.12. The predicted octanol–water partition coefficient (Wildman–Crippen LogP) is 6.19. The van der Waals surface area contributed by atoms with Crippen molar-refractivity contribution < 1.29 is 4.52 Å². The molecule has 0 aliphatic rings. The third kappa shape index (κ3) is 2.92. The predicted molar refractivity (Wildman–Crippen MR) is 105 cm³/mol. The van der Waals surface area contributed by atoms with Crippen molar-refractivity contribution in [3.05, 3.63) is 84.4 Å². The van der Waals surface area contributed by atoms with Crippen LogP contribution in [0.5, 0.6) is 0 Å². The van der Waals surface area contributed by atoms with Crippen molar-refractivity contribution in [3.63, 3.8) is 0 Å². The van der Waals surface area contributed by atoms with Crippen LogP contribution in [0.1, 0.15) is 25.3 Å². The second-order valence-corrected chi connectivity index (χ2v) is 6.60. The van der Waals surface area contributed by atoms with Crippen LogP contribution in [0.25, 0.3) is 33.7 Å². The molecule has 3 nitrogen and oxygen atoms in total. The number of nitrogens with zero attached hydrogens (tertiary/aromatic N) is 2. The van der Waals surface area contributed by atoms with Gasteiger partial charge in [-0.15, -0.1) is 5.10 Å². The molecule has 0 bridgehead atoms. The minimum absolute atomic E-state index is 0.389. The minimum atomic E-state index is 0.389. The van der Waals surface area contributed by atoms with E-state index in [1.54, 1.807) is 0 Å². The van der Waals surface area contributed by atoms with E-state index in [9.17, 15) is 0 Å². The monoisotopic (exact) mass is 340 g/mol. The Morgan fingerprint density at radius 3 is 2.04 bits per heavy atom. The van der Waals surface area contributed by atoms with E-state index in [2.05, 4.69) is 66.7 Å². The highest BCUT2D eigenvalue weighted by molar-refractivity contribution is 5.87. The molecule has 128 valence electrons. The first-order valence-electron chi connectivity index (χ1n) is 8.82. The summed E-state index contributed by atoms with van der Waals surface area (Å²) in [6.07, 6.45) is 0.